The molecule has 1 aromatic heterocycles. The quantitative estimate of drug-likeness (QED) is 0.758. The zero-order valence-corrected chi connectivity index (χ0v) is 8.26. The maximum absolute atomic E-state index is 3.96. The molecule has 1 aromatic rings. The number of rotatable bonds is 1. The third-order valence-corrected chi connectivity index (χ3v) is 2.79. The summed E-state index contributed by atoms with van der Waals surface area (Å²) in [6.45, 7) is 0. The highest BCUT2D eigenvalue weighted by Crippen LogP contribution is 2.20. The molecule has 1 rings (SSSR count). The Balaban J connectivity index is 2.96. The topological polar surface area (TPSA) is 12.9 Å². The molecule has 10 heavy (non-hydrogen) atoms. The molecule has 0 aliphatic rings. The normalized spacial score (nSPS) is 11.6. The summed E-state index contributed by atoms with van der Waals surface area (Å²) in [6.07, 6.45) is 3.54. The van der Waals surface area contributed by atoms with Gasteiger partial charge in [-0.25, -0.2) is 0 Å². The van der Waals surface area contributed by atoms with Crippen molar-refractivity contribution < 1.29 is 0 Å². The fraction of sp³-hybridized carbons (Fsp3) is 0. The number of halogens is 2. The summed E-state index contributed by atoms with van der Waals surface area (Å²) in [6, 6.07) is 3.88. The van der Waals surface area contributed by atoms with Crippen molar-refractivity contribution in [2.45, 2.75) is 0 Å². The Morgan fingerprint density at radius 1 is 1.60 bits per heavy atom. The number of nitrogens with zero attached hydrogens (tertiary/aromatic N) is 1. The van der Waals surface area contributed by atoms with Crippen LogP contribution in [-0.4, -0.2) is 4.98 Å². The second-order valence-electron chi connectivity index (χ2n) is 1.70. The smallest absolute Gasteiger partial charge is 0.0351 e. The average Bonchev–Trinajstić information content (AvgIpc) is 2.05. The molecule has 0 spiro atoms. The Bertz CT molecular complexity index is 231. The fourth-order valence-electron chi connectivity index (χ4n) is 0.567. The summed E-state index contributed by atoms with van der Waals surface area (Å²) in [4.78, 5) is 5.77. The van der Waals surface area contributed by atoms with E-state index in [0.29, 0.717) is 0 Å². The van der Waals surface area contributed by atoms with Gasteiger partial charge in [-0.15, -0.1) is 0 Å². The van der Waals surface area contributed by atoms with E-state index in [1.807, 2.05) is 17.1 Å². The van der Waals surface area contributed by atoms with Crippen LogP contribution in [0.2, 0.25) is 0 Å². The zero-order valence-electron chi connectivity index (χ0n) is 5.09. The standard InChI is InChI=1S/C7H5Br2N/c8-4-7(9)6-2-1-3-10-5-6/h1-5H/b7-4+. The first-order valence-electron chi connectivity index (χ1n) is 2.71. The van der Waals surface area contributed by atoms with Gasteiger partial charge < -0.3 is 0 Å². The van der Waals surface area contributed by atoms with Crippen molar-refractivity contribution in [2.75, 3.05) is 0 Å². The highest BCUT2D eigenvalue weighted by Gasteiger charge is 1.92. The molecule has 0 saturated carbocycles. The van der Waals surface area contributed by atoms with Gasteiger partial charge in [0, 0.05) is 22.4 Å². The molecule has 3 heteroatoms. The molecule has 0 unspecified atom stereocenters. The van der Waals surface area contributed by atoms with Gasteiger partial charge in [-0.2, -0.15) is 0 Å². The largest absolute Gasteiger partial charge is 0.264 e. The summed E-state index contributed by atoms with van der Waals surface area (Å²) >= 11 is 6.57. The monoisotopic (exact) mass is 261 g/mol. The van der Waals surface area contributed by atoms with E-state index in [1.165, 1.54) is 0 Å². The van der Waals surface area contributed by atoms with E-state index in [0.717, 1.165) is 10.0 Å². The third kappa shape index (κ3) is 1.92. The van der Waals surface area contributed by atoms with E-state index in [2.05, 4.69) is 36.8 Å². The maximum atomic E-state index is 3.96. The van der Waals surface area contributed by atoms with Gasteiger partial charge in [0.2, 0.25) is 0 Å². The van der Waals surface area contributed by atoms with E-state index in [4.69, 9.17) is 0 Å². The molecule has 0 fully saturated rings. The van der Waals surface area contributed by atoms with E-state index in [1.54, 1.807) is 12.4 Å². The van der Waals surface area contributed by atoms with Crippen LogP contribution < -0.4 is 0 Å². The molecule has 52 valence electrons. The lowest BCUT2D eigenvalue weighted by Crippen LogP contribution is -1.75. The van der Waals surface area contributed by atoms with Crippen LogP contribution in [0.25, 0.3) is 4.48 Å². The lowest BCUT2D eigenvalue weighted by atomic mass is 10.3. The number of hydrogen-bond donors (Lipinski definition) is 0. The van der Waals surface area contributed by atoms with Gasteiger partial charge in [-0.05, 0) is 27.0 Å². The number of hydrogen-bond acceptors (Lipinski definition) is 1. The van der Waals surface area contributed by atoms with Crippen LogP contribution in [-0.2, 0) is 0 Å². The molecule has 1 nitrogen and oxygen atoms in total. The van der Waals surface area contributed by atoms with Crippen LogP contribution in [0.4, 0.5) is 0 Å². The van der Waals surface area contributed by atoms with Crippen molar-refractivity contribution in [3.8, 4) is 0 Å². The molecule has 1 heterocycles. The fourth-order valence-corrected chi connectivity index (χ4v) is 1.07. The average molecular weight is 263 g/mol. The summed E-state index contributed by atoms with van der Waals surface area (Å²) in [5.41, 5.74) is 1.07. The van der Waals surface area contributed by atoms with Crippen LogP contribution in [0.3, 0.4) is 0 Å². The Kier molecular flexibility index (Phi) is 3.09. The van der Waals surface area contributed by atoms with Crippen LogP contribution in [0, 0.1) is 0 Å². The second kappa shape index (κ2) is 3.88. The summed E-state index contributed by atoms with van der Waals surface area (Å²) in [7, 11) is 0. The van der Waals surface area contributed by atoms with Crippen LogP contribution in [0.1, 0.15) is 5.56 Å². The van der Waals surface area contributed by atoms with Crippen LogP contribution in [0.5, 0.6) is 0 Å². The van der Waals surface area contributed by atoms with Gasteiger partial charge in [0.05, 0.1) is 0 Å². The van der Waals surface area contributed by atoms with E-state index in [-0.39, 0.29) is 0 Å². The first-order chi connectivity index (χ1) is 4.84. The summed E-state index contributed by atoms with van der Waals surface area (Å²) in [5, 5.41) is 0. The minimum atomic E-state index is 1.00. The molecule has 0 aromatic carbocycles. The lowest BCUT2D eigenvalue weighted by molar-refractivity contribution is 1.32. The Morgan fingerprint density at radius 2 is 2.40 bits per heavy atom. The molecule has 0 aliphatic carbocycles. The predicted octanol–water partition coefficient (Wildman–Crippen LogP) is 3.17. The van der Waals surface area contributed by atoms with Crippen molar-refractivity contribution in [3.63, 3.8) is 0 Å². The van der Waals surface area contributed by atoms with E-state index >= 15 is 0 Å². The van der Waals surface area contributed by atoms with Gasteiger partial charge in [-0.3, -0.25) is 4.98 Å². The molecule has 0 N–H and O–H groups in total. The molecule has 0 radical (unpaired) electrons. The highest BCUT2D eigenvalue weighted by atomic mass is 79.9. The van der Waals surface area contributed by atoms with Crippen molar-refractivity contribution in [1.82, 2.24) is 4.98 Å². The van der Waals surface area contributed by atoms with Gasteiger partial charge in [0.1, 0.15) is 0 Å². The predicted molar refractivity (Wildman–Crippen MR) is 50.1 cm³/mol. The lowest BCUT2D eigenvalue weighted by Gasteiger charge is -1.93. The Labute approximate surface area is 76.4 Å². The van der Waals surface area contributed by atoms with Crippen LogP contribution in [0.15, 0.2) is 29.5 Å². The Hall–Kier alpha value is -0.150. The molecular formula is C7H5Br2N. The van der Waals surface area contributed by atoms with Crippen molar-refractivity contribution >= 4 is 36.3 Å². The third-order valence-electron chi connectivity index (χ3n) is 1.03. The molecule has 0 aliphatic heterocycles. The zero-order chi connectivity index (χ0) is 7.40. The minimum Gasteiger partial charge on any atom is -0.264 e. The van der Waals surface area contributed by atoms with Crippen molar-refractivity contribution in [2.24, 2.45) is 0 Å². The first kappa shape index (κ1) is 7.95. The molecule has 0 atom stereocenters. The molecule has 0 amide bonds. The van der Waals surface area contributed by atoms with Gasteiger partial charge >= 0.3 is 0 Å². The van der Waals surface area contributed by atoms with Crippen molar-refractivity contribution in [3.05, 3.63) is 35.1 Å². The van der Waals surface area contributed by atoms with Gasteiger partial charge in [0.15, 0.2) is 0 Å². The second-order valence-corrected chi connectivity index (χ2v) is 3.01. The minimum absolute atomic E-state index is 1.00. The molecular weight excluding hydrogens is 258 g/mol. The van der Waals surface area contributed by atoms with E-state index < -0.39 is 0 Å². The summed E-state index contributed by atoms with van der Waals surface area (Å²) in [5.74, 6) is 0. The molecule has 0 saturated heterocycles. The first-order valence-corrected chi connectivity index (χ1v) is 4.41. The summed E-state index contributed by atoms with van der Waals surface area (Å²) < 4.78 is 1.00. The maximum Gasteiger partial charge on any atom is 0.0351 e. The number of aromatic nitrogens is 1. The highest BCUT2D eigenvalue weighted by molar-refractivity contribution is 9.16. The molecule has 0 bridgehead atoms. The Morgan fingerprint density at radius 3 is 2.90 bits per heavy atom. The van der Waals surface area contributed by atoms with E-state index in [9.17, 15) is 0 Å². The van der Waals surface area contributed by atoms with Gasteiger partial charge in [0.25, 0.3) is 0 Å². The van der Waals surface area contributed by atoms with Crippen molar-refractivity contribution in [1.29, 1.82) is 0 Å². The van der Waals surface area contributed by atoms with Crippen LogP contribution >= 0.6 is 31.9 Å². The SMILES string of the molecule is Br/C=C(/Br)c1cccnc1. The van der Waals surface area contributed by atoms with Gasteiger partial charge in [-0.1, -0.05) is 22.0 Å². The number of pyridine rings is 1.